The number of benzene rings is 1. The second-order valence-corrected chi connectivity index (χ2v) is 3.73. The van der Waals surface area contributed by atoms with Crippen LogP contribution in [0.15, 0.2) is 18.2 Å². The molecule has 0 aliphatic carbocycles. The van der Waals surface area contributed by atoms with Gasteiger partial charge in [0.05, 0.1) is 6.54 Å². The molecule has 88 valence electrons. The first-order valence-electron chi connectivity index (χ1n) is 4.96. The van der Waals surface area contributed by atoms with E-state index in [9.17, 15) is 13.6 Å². The zero-order valence-corrected chi connectivity index (χ0v) is 9.18. The first-order chi connectivity index (χ1) is 7.47. The number of hydrogen-bond acceptors (Lipinski definition) is 2. The van der Waals surface area contributed by atoms with Gasteiger partial charge < -0.3 is 10.6 Å². The van der Waals surface area contributed by atoms with Gasteiger partial charge in [0.1, 0.15) is 11.6 Å². The van der Waals surface area contributed by atoms with E-state index in [-0.39, 0.29) is 24.2 Å². The molecule has 0 saturated heterocycles. The van der Waals surface area contributed by atoms with Gasteiger partial charge in [0.15, 0.2) is 0 Å². The van der Waals surface area contributed by atoms with Gasteiger partial charge in [-0.2, -0.15) is 0 Å². The fourth-order valence-electron chi connectivity index (χ4n) is 1.21. The van der Waals surface area contributed by atoms with Crippen molar-refractivity contribution in [3.8, 4) is 0 Å². The van der Waals surface area contributed by atoms with Crippen LogP contribution in [0.5, 0.6) is 0 Å². The smallest absolute Gasteiger partial charge is 0.239 e. The Hall–Kier alpha value is -1.65. The highest BCUT2D eigenvalue weighted by Gasteiger charge is 2.04. The lowest BCUT2D eigenvalue weighted by Gasteiger charge is -2.10. The van der Waals surface area contributed by atoms with Crippen LogP contribution in [0, 0.1) is 11.6 Å². The molecular weight excluding hydrogens is 214 g/mol. The minimum absolute atomic E-state index is 0.0128. The average molecular weight is 228 g/mol. The summed E-state index contributed by atoms with van der Waals surface area (Å²) in [4.78, 5) is 11.2. The van der Waals surface area contributed by atoms with Crippen LogP contribution in [0.2, 0.25) is 0 Å². The summed E-state index contributed by atoms with van der Waals surface area (Å²) < 4.78 is 25.6. The normalized spacial score (nSPS) is 10.3. The van der Waals surface area contributed by atoms with Gasteiger partial charge in [-0.05, 0) is 26.0 Å². The number of halogens is 2. The van der Waals surface area contributed by atoms with Crippen molar-refractivity contribution in [2.45, 2.75) is 19.9 Å². The van der Waals surface area contributed by atoms with E-state index < -0.39 is 11.6 Å². The van der Waals surface area contributed by atoms with E-state index >= 15 is 0 Å². The third-order valence-corrected chi connectivity index (χ3v) is 1.77. The molecular formula is C11H14F2N2O. The summed E-state index contributed by atoms with van der Waals surface area (Å²) in [6.07, 6.45) is 0. The highest BCUT2D eigenvalue weighted by atomic mass is 19.1. The number of nitrogens with one attached hydrogen (secondary N) is 2. The fraction of sp³-hybridized carbons (Fsp3) is 0.364. The van der Waals surface area contributed by atoms with Crippen LogP contribution in [-0.2, 0) is 4.79 Å². The van der Waals surface area contributed by atoms with Crippen LogP contribution in [0.25, 0.3) is 0 Å². The molecule has 0 fully saturated rings. The average Bonchev–Trinajstić information content (AvgIpc) is 2.12. The van der Waals surface area contributed by atoms with Gasteiger partial charge in [0.25, 0.3) is 0 Å². The Balaban J connectivity index is 2.51. The zero-order chi connectivity index (χ0) is 12.1. The van der Waals surface area contributed by atoms with E-state index in [2.05, 4.69) is 10.6 Å². The molecule has 2 N–H and O–H groups in total. The molecule has 0 aliphatic heterocycles. The van der Waals surface area contributed by atoms with E-state index in [0.717, 1.165) is 18.2 Å². The molecule has 0 spiro atoms. The SMILES string of the molecule is CC(C)NC(=O)CNc1cc(F)cc(F)c1. The van der Waals surface area contributed by atoms with Crippen molar-refractivity contribution in [2.24, 2.45) is 0 Å². The van der Waals surface area contributed by atoms with Crippen LogP contribution < -0.4 is 10.6 Å². The van der Waals surface area contributed by atoms with Crippen molar-refractivity contribution >= 4 is 11.6 Å². The summed E-state index contributed by atoms with van der Waals surface area (Å²) in [7, 11) is 0. The first-order valence-corrected chi connectivity index (χ1v) is 4.96. The minimum Gasteiger partial charge on any atom is -0.376 e. The zero-order valence-electron chi connectivity index (χ0n) is 9.18. The van der Waals surface area contributed by atoms with E-state index in [1.807, 2.05) is 13.8 Å². The van der Waals surface area contributed by atoms with Crippen molar-refractivity contribution in [3.63, 3.8) is 0 Å². The number of carbonyl (C=O) groups is 1. The summed E-state index contributed by atoms with van der Waals surface area (Å²) in [6.45, 7) is 3.65. The number of anilines is 1. The monoisotopic (exact) mass is 228 g/mol. The molecule has 1 aromatic carbocycles. The van der Waals surface area contributed by atoms with Gasteiger partial charge in [-0.25, -0.2) is 8.78 Å². The topological polar surface area (TPSA) is 41.1 Å². The maximum Gasteiger partial charge on any atom is 0.239 e. The quantitative estimate of drug-likeness (QED) is 0.826. The van der Waals surface area contributed by atoms with Crippen LogP contribution in [0.4, 0.5) is 14.5 Å². The molecule has 16 heavy (non-hydrogen) atoms. The summed E-state index contributed by atoms with van der Waals surface area (Å²) in [5.74, 6) is -1.57. The molecule has 0 atom stereocenters. The molecule has 0 bridgehead atoms. The fourth-order valence-corrected chi connectivity index (χ4v) is 1.21. The Bertz CT molecular complexity index is 360. The van der Waals surface area contributed by atoms with Crippen LogP contribution in [-0.4, -0.2) is 18.5 Å². The molecule has 1 aromatic rings. The second-order valence-electron chi connectivity index (χ2n) is 3.73. The molecule has 0 radical (unpaired) electrons. The van der Waals surface area contributed by atoms with Crippen molar-refractivity contribution in [3.05, 3.63) is 29.8 Å². The van der Waals surface area contributed by atoms with Crippen LogP contribution in [0.3, 0.4) is 0 Å². The second kappa shape index (κ2) is 5.44. The predicted molar refractivity (Wildman–Crippen MR) is 58.1 cm³/mol. The van der Waals surface area contributed by atoms with Crippen molar-refractivity contribution < 1.29 is 13.6 Å². The lowest BCUT2D eigenvalue weighted by molar-refractivity contribution is -0.119. The largest absolute Gasteiger partial charge is 0.376 e. The van der Waals surface area contributed by atoms with E-state index in [1.54, 1.807) is 0 Å². The number of carbonyl (C=O) groups excluding carboxylic acids is 1. The Morgan fingerprint density at radius 1 is 1.25 bits per heavy atom. The molecule has 3 nitrogen and oxygen atoms in total. The highest BCUT2D eigenvalue weighted by Crippen LogP contribution is 2.12. The summed E-state index contributed by atoms with van der Waals surface area (Å²) >= 11 is 0. The van der Waals surface area contributed by atoms with Crippen LogP contribution in [0.1, 0.15) is 13.8 Å². The van der Waals surface area contributed by atoms with Crippen LogP contribution >= 0.6 is 0 Å². The highest BCUT2D eigenvalue weighted by molar-refractivity contribution is 5.80. The Morgan fingerprint density at radius 2 is 1.81 bits per heavy atom. The molecule has 0 aliphatic rings. The van der Waals surface area contributed by atoms with E-state index in [1.165, 1.54) is 0 Å². The number of rotatable bonds is 4. The number of amides is 1. The standard InChI is InChI=1S/C11H14F2N2O/c1-7(2)15-11(16)6-14-10-4-8(12)3-9(13)5-10/h3-5,7,14H,6H2,1-2H3,(H,15,16). The molecule has 1 rings (SSSR count). The van der Waals surface area contributed by atoms with Gasteiger partial charge in [-0.15, -0.1) is 0 Å². The lowest BCUT2D eigenvalue weighted by Crippen LogP contribution is -2.34. The molecule has 0 aromatic heterocycles. The maximum atomic E-state index is 12.8. The van der Waals surface area contributed by atoms with E-state index in [4.69, 9.17) is 0 Å². The van der Waals surface area contributed by atoms with Gasteiger partial charge >= 0.3 is 0 Å². The summed E-state index contributed by atoms with van der Waals surface area (Å²) in [5, 5.41) is 5.29. The molecule has 0 heterocycles. The van der Waals surface area contributed by atoms with E-state index in [0.29, 0.717) is 0 Å². The Kier molecular flexibility index (Phi) is 4.22. The van der Waals surface area contributed by atoms with Crippen molar-refractivity contribution in [1.82, 2.24) is 5.32 Å². The van der Waals surface area contributed by atoms with Crippen molar-refractivity contribution in [1.29, 1.82) is 0 Å². The third kappa shape index (κ3) is 4.25. The first kappa shape index (κ1) is 12.4. The number of hydrogen-bond donors (Lipinski definition) is 2. The maximum absolute atomic E-state index is 12.8. The van der Waals surface area contributed by atoms with Gasteiger partial charge in [0.2, 0.25) is 5.91 Å². The minimum atomic E-state index is -0.674. The Morgan fingerprint density at radius 3 is 2.31 bits per heavy atom. The Labute approximate surface area is 92.8 Å². The molecule has 1 amide bonds. The van der Waals surface area contributed by atoms with Gasteiger partial charge in [-0.3, -0.25) is 4.79 Å². The summed E-state index contributed by atoms with van der Waals surface area (Å²) in [5.41, 5.74) is 0.247. The van der Waals surface area contributed by atoms with Crippen molar-refractivity contribution in [2.75, 3.05) is 11.9 Å². The lowest BCUT2D eigenvalue weighted by atomic mass is 10.3. The molecule has 0 saturated carbocycles. The summed E-state index contributed by atoms with van der Waals surface area (Å²) in [6, 6.07) is 3.08. The van der Waals surface area contributed by atoms with Gasteiger partial charge in [0, 0.05) is 17.8 Å². The predicted octanol–water partition coefficient (Wildman–Crippen LogP) is 1.90. The third-order valence-electron chi connectivity index (χ3n) is 1.77. The molecule has 5 heteroatoms. The van der Waals surface area contributed by atoms with Gasteiger partial charge in [-0.1, -0.05) is 0 Å². The molecule has 0 unspecified atom stereocenters.